The van der Waals surface area contributed by atoms with Gasteiger partial charge < -0.3 is 32.2 Å². The molecule has 8 heteroatoms. The van der Waals surface area contributed by atoms with Crippen molar-refractivity contribution in [1.82, 2.24) is 0 Å². The second kappa shape index (κ2) is 9.22. The highest BCUT2D eigenvalue weighted by Crippen LogP contribution is 2.53. The molecule has 2 aliphatic carbocycles. The Kier molecular flexibility index (Phi) is 6.89. The first-order chi connectivity index (χ1) is 13.6. The van der Waals surface area contributed by atoms with Gasteiger partial charge in [-0.25, -0.2) is 0 Å². The van der Waals surface area contributed by atoms with Crippen molar-refractivity contribution in [2.75, 3.05) is 39.6 Å². The normalized spacial score (nSPS) is 33.0. The average Bonchev–Trinajstić information content (AvgIpc) is 3.60. The minimum Gasteiger partial charge on any atom is -0.374 e. The number of allylic oxidation sites excluding steroid dienone is 2. The van der Waals surface area contributed by atoms with Gasteiger partial charge in [0, 0.05) is 18.8 Å². The van der Waals surface area contributed by atoms with Crippen molar-refractivity contribution < 1.29 is 32.2 Å². The van der Waals surface area contributed by atoms with Crippen LogP contribution in [0.4, 0.5) is 0 Å². The van der Waals surface area contributed by atoms with Gasteiger partial charge in [0.1, 0.15) is 12.2 Å². The van der Waals surface area contributed by atoms with Gasteiger partial charge in [0.05, 0.1) is 32.5 Å². The maximum absolute atomic E-state index is 6.66. The molecule has 0 N–H and O–H groups in total. The Balaban J connectivity index is 1.44. The van der Waals surface area contributed by atoms with E-state index in [1.54, 1.807) is 0 Å². The fraction of sp³-hybridized carbons (Fsp3) is 0.900. The SMILES string of the molecule is CCO[Si](OCC)(OC(C)C(OCC1CO1)OCC1CO1)C1CC2=CCC1C2. The molecule has 5 atom stereocenters. The molecule has 2 heterocycles. The summed E-state index contributed by atoms with van der Waals surface area (Å²) in [6, 6.07) is 0. The van der Waals surface area contributed by atoms with Crippen molar-refractivity contribution >= 4 is 8.80 Å². The highest BCUT2D eigenvalue weighted by atomic mass is 28.4. The summed E-state index contributed by atoms with van der Waals surface area (Å²) in [5.74, 6) is 0.576. The summed E-state index contributed by atoms with van der Waals surface area (Å²) in [6.07, 6.45) is 5.24. The van der Waals surface area contributed by atoms with Gasteiger partial charge in [-0.1, -0.05) is 11.6 Å². The lowest BCUT2D eigenvalue weighted by Gasteiger charge is -2.39. The van der Waals surface area contributed by atoms with Crippen molar-refractivity contribution in [2.45, 2.75) is 70.2 Å². The zero-order valence-electron chi connectivity index (χ0n) is 17.3. The Morgan fingerprint density at radius 2 is 1.64 bits per heavy atom. The fourth-order valence-corrected chi connectivity index (χ4v) is 7.94. The van der Waals surface area contributed by atoms with Crippen LogP contribution in [-0.2, 0) is 32.2 Å². The van der Waals surface area contributed by atoms with Gasteiger partial charge in [0.25, 0.3) is 0 Å². The Morgan fingerprint density at radius 3 is 2.07 bits per heavy atom. The molecule has 28 heavy (non-hydrogen) atoms. The van der Waals surface area contributed by atoms with E-state index in [0.29, 0.717) is 37.9 Å². The third-order valence-corrected chi connectivity index (χ3v) is 9.53. The molecule has 0 spiro atoms. The van der Waals surface area contributed by atoms with Gasteiger partial charge in [-0.15, -0.1) is 0 Å². The maximum atomic E-state index is 6.66. The molecule has 7 nitrogen and oxygen atoms in total. The van der Waals surface area contributed by atoms with Crippen molar-refractivity contribution in [1.29, 1.82) is 0 Å². The molecule has 0 aromatic carbocycles. The summed E-state index contributed by atoms with van der Waals surface area (Å²) in [4.78, 5) is 0. The fourth-order valence-electron chi connectivity index (χ4n) is 4.34. The minimum atomic E-state index is -2.89. The lowest BCUT2D eigenvalue weighted by Crippen LogP contribution is -2.55. The van der Waals surface area contributed by atoms with E-state index in [1.165, 1.54) is 5.57 Å². The van der Waals surface area contributed by atoms with Gasteiger partial charge in [-0.05, 0) is 46.0 Å². The van der Waals surface area contributed by atoms with E-state index in [0.717, 1.165) is 32.5 Å². The molecular weight excluding hydrogens is 380 g/mol. The second-order valence-corrected chi connectivity index (χ2v) is 10.9. The molecule has 2 aliphatic heterocycles. The molecule has 0 amide bonds. The summed E-state index contributed by atoms with van der Waals surface area (Å²) in [6.45, 7) is 9.73. The van der Waals surface area contributed by atoms with Crippen molar-refractivity contribution in [3.05, 3.63) is 11.6 Å². The van der Waals surface area contributed by atoms with E-state index < -0.39 is 15.1 Å². The van der Waals surface area contributed by atoms with Crippen LogP contribution < -0.4 is 0 Å². The molecule has 1 saturated carbocycles. The number of hydrogen-bond donors (Lipinski definition) is 0. The number of epoxide rings is 2. The van der Waals surface area contributed by atoms with E-state index in [1.807, 2.05) is 20.8 Å². The topological polar surface area (TPSA) is 71.2 Å². The number of rotatable bonds is 14. The van der Waals surface area contributed by atoms with Gasteiger partial charge in [0.15, 0.2) is 6.29 Å². The highest BCUT2D eigenvalue weighted by Gasteiger charge is 2.57. The molecule has 2 bridgehead atoms. The first kappa shape index (κ1) is 20.9. The molecule has 2 saturated heterocycles. The van der Waals surface area contributed by atoms with E-state index in [4.69, 9.17) is 32.2 Å². The first-order valence-corrected chi connectivity index (χ1v) is 12.5. The minimum absolute atomic E-state index is 0.175. The quantitative estimate of drug-likeness (QED) is 0.187. The van der Waals surface area contributed by atoms with Crippen LogP contribution in [0.25, 0.3) is 0 Å². The summed E-state index contributed by atoms with van der Waals surface area (Å²) in [5, 5.41) is 0. The molecule has 3 fully saturated rings. The van der Waals surface area contributed by atoms with Crippen LogP contribution in [0.3, 0.4) is 0 Å². The van der Waals surface area contributed by atoms with Crippen LogP contribution in [0.2, 0.25) is 5.54 Å². The van der Waals surface area contributed by atoms with Crippen LogP contribution in [-0.4, -0.2) is 73.0 Å². The van der Waals surface area contributed by atoms with Crippen LogP contribution >= 0.6 is 0 Å². The lowest BCUT2D eigenvalue weighted by atomic mass is 10.1. The largest absolute Gasteiger partial charge is 0.505 e. The summed E-state index contributed by atoms with van der Waals surface area (Å²) in [7, 11) is -2.89. The zero-order chi connectivity index (χ0) is 19.6. The second-order valence-electron chi connectivity index (χ2n) is 8.11. The molecule has 4 rings (SSSR count). The number of ether oxygens (including phenoxy) is 4. The predicted octanol–water partition coefficient (Wildman–Crippen LogP) is 2.67. The lowest BCUT2D eigenvalue weighted by molar-refractivity contribution is -0.197. The van der Waals surface area contributed by atoms with Crippen LogP contribution in [0.5, 0.6) is 0 Å². The Labute approximate surface area is 169 Å². The Morgan fingerprint density at radius 1 is 1.04 bits per heavy atom. The van der Waals surface area contributed by atoms with Crippen molar-refractivity contribution in [2.24, 2.45) is 5.92 Å². The highest BCUT2D eigenvalue weighted by molar-refractivity contribution is 6.62. The van der Waals surface area contributed by atoms with Gasteiger partial charge in [-0.3, -0.25) is 0 Å². The van der Waals surface area contributed by atoms with Crippen LogP contribution in [0.1, 0.15) is 40.0 Å². The number of fused-ring (bicyclic) bond motifs is 2. The molecular formula is C20H34O7Si. The van der Waals surface area contributed by atoms with Crippen LogP contribution in [0.15, 0.2) is 11.6 Å². The third-order valence-electron chi connectivity index (χ3n) is 5.86. The summed E-state index contributed by atoms with van der Waals surface area (Å²) < 4.78 is 41.8. The predicted molar refractivity (Wildman–Crippen MR) is 104 cm³/mol. The van der Waals surface area contributed by atoms with Gasteiger partial charge in [-0.2, -0.15) is 0 Å². The maximum Gasteiger partial charge on any atom is 0.505 e. The molecule has 160 valence electrons. The molecule has 4 aliphatic rings. The smallest absolute Gasteiger partial charge is 0.374 e. The Bertz CT molecular complexity index is 527. The Hall–Kier alpha value is -0.323. The van der Waals surface area contributed by atoms with E-state index in [9.17, 15) is 0 Å². The van der Waals surface area contributed by atoms with Crippen LogP contribution in [0, 0.1) is 5.92 Å². The molecule has 0 radical (unpaired) electrons. The van der Waals surface area contributed by atoms with Crippen molar-refractivity contribution in [3.8, 4) is 0 Å². The molecule has 0 aromatic heterocycles. The first-order valence-electron chi connectivity index (χ1n) is 10.7. The van der Waals surface area contributed by atoms with E-state index in [2.05, 4.69) is 6.08 Å². The average molecular weight is 415 g/mol. The third kappa shape index (κ3) is 5.04. The van der Waals surface area contributed by atoms with Gasteiger partial charge in [0.2, 0.25) is 0 Å². The molecule has 5 unspecified atom stereocenters. The monoisotopic (exact) mass is 414 g/mol. The van der Waals surface area contributed by atoms with E-state index >= 15 is 0 Å². The zero-order valence-corrected chi connectivity index (χ0v) is 18.3. The number of hydrogen-bond acceptors (Lipinski definition) is 7. The van der Waals surface area contributed by atoms with E-state index in [-0.39, 0.29) is 18.3 Å². The van der Waals surface area contributed by atoms with Gasteiger partial charge >= 0.3 is 8.80 Å². The summed E-state index contributed by atoms with van der Waals surface area (Å²) in [5.41, 5.74) is 1.86. The standard InChI is InChI=1S/C20H34O7Si/c1-4-25-28(26-5-2,19-9-15-6-7-16(19)8-15)27-14(3)20(23-12-17-10-21-17)24-13-18-11-22-18/h6,14,16-20H,4-5,7-13H2,1-3H3. The molecule has 0 aromatic rings. The van der Waals surface area contributed by atoms with Crippen molar-refractivity contribution in [3.63, 3.8) is 0 Å². The summed E-state index contributed by atoms with van der Waals surface area (Å²) >= 11 is 0.